The summed E-state index contributed by atoms with van der Waals surface area (Å²) in [4.78, 5) is 13.4. The van der Waals surface area contributed by atoms with E-state index in [1.165, 1.54) is 0 Å². The number of hydrogen-bond donors (Lipinski definition) is 1. The average molecular weight is 212 g/mol. The van der Waals surface area contributed by atoms with Crippen molar-refractivity contribution in [3.05, 3.63) is 11.3 Å². The van der Waals surface area contributed by atoms with Crippen LogP contribution in [0.5, 0.6) is 0 Å². The number of amides is 1. The summed E-state index contributed by atoms with van der Waals surface area (Å²) in [7, 11) is 0. The Morgan fingerprint density at radius 3 is 2.07 bits per heavy atom. The molecule has 0 aromatic carbocycles. The van der Waals surface area contributed by atoms with Gasteiger partial charge in [0, 0.05) is 24.4 Å². The van der Waals surface area contributed by atoms with Gasteiger partial charge in [-0.2, -0.15) is 0 Å². The Balaban J connectivity index is 4.85. The van der Waals surface area contributed by atoms with Gasteiger partial charge in [0.15, 0.2) is 0 Å². The minimum absolute atomic E-state index is 0.298. The molecule has 2 N–H and O–H groups in total. The predicted octanol–water partition coefficient (Wildman–Crippen LogP) is 2.28. The molecular formula is C12H24N2O. The third kappa shape index (κ3) is 4.36. The van der Waals surface area contributed by atoms with Crippen LogP contribution in [-0.4, -0.2) is 23.9 Å². The summed E-state index contributed by atoms with van der Waals surface area (Å²) in [5, 5.41) is 0. The minimum atomic E-state index is -0.298. The number of nitrogens with two attached hydrogens (primary N) is 1. The van der Waals surface area contributed by atoms with Crippen LogP contribution in [0.4, 0.5) is 0 Å². The van der Waals surface area contributed by atoms with Gasteiger partial charge in [-0.1, -0.05) is 13.3 Å². The van der Waals surface area contributed by atoms with Crippen LogP contribution in [0.15, 0.2) is 11.3 Å². The maximum Gasteiger partial charge on any atom is 0.246 e. The second-order valence-corrected chi connectivity index (χ2v) is 3.71. The van der Waals surface area contributed by atoms with E-state index in [-0.39, 0.29) is 5.91 Å². The van der Waals surface area contributed by atoms with Crippen LogP contribution in [0.25, 0.3) is 0 Å². The van der Waals surface area contributed by atoms with Gasteiger partial charge in [0.05, 0.1) is 0 Å². The Kier molecular flexibility index (Phi) is 6.84. The quantitative estimate of drug-likeness (QED) is 0.658. The highest BCUT2D eigenvalue weighted by atomic mass is 16.1. The molecule has 0 heterocycles. The molecule has 0 saturated carbocycles. The third-order valence-electron chi connectivity index (χ3n) is 2.71. The Labute approximate surface area is 93.3 Å². The molecule has 0 aliphatic carbocycles. The van der Waals surface area contributed by atoms with Crippen LogP contribution in [0.1, 0.15) is 47.0 Å². The summed E-state index contributed by atoms with van der Waals surface area (Å²) in [6.07, 6.45) is 3.19. The van der Waals surface area contributed by atoms with Crippen molar-refractivity contribution in [2.45, 2.75) is 47.0 Å². The van der Waals surface area contributed by atoms with Gasteiger partial charge in [-0.05, 0) is 33.6 Å². The Morgan fingerprint density at radius 2 is 1.73 bits per heavy atom. The number of carbonyl (C=O) groups is 1. The summed E-state index contributed by atoms with van der Waals surface area (Å²) in [6.45, 7) is 10.0. The molecule has 15 heavy (non-hydrogen) atoms. The molecule has 0 aliphatic rings. The van der Waals surface area contributed by atoms with Crippen LogP contribution in [0.2, 0.25) is 0 Å². The standard InChI is InChI=1S/C12H24N2O/c1-5-8-9-11(10(4)12(13)15)14(6-2)7-3/h5-9H2,1-4H3,(H2,13,15)/b11-10+. The summed E-state index contributed by atoms with van der Waals surface area (Å²) in [5.41, 5.74) is 7.17. The molecule has 3 nitrogen and oxygen atoms in total. The van der Waals surface area contributed by atoms with Crippen molar-refractivity contribution in [3.8, 4) is 0 Å². The second-order valence-electron chi connectivity index (χ2n) is 3.71. The number of carbonyl (C=O) groups excluding carboxylic acids is 1. The van der Waals surface area contributed by atoms with Crippen molar-refractivity contribution in [3.63, 3.8) is 0 Å². The number of rotatable bonds is 7. The van der Waals surface area contributed by atoms with Crippen molar-refractivity contribution in [1.29, 1.82) is 0 Å². The van der Waals surface area contributed by atoms with E-state index in [9.17, 15) is 4.79 Å². The van der Waals surface area contributed by atoms with Gasteiger partial charge in [0.2, 0.25) is 5.91 Å². The van der Waals surface area contributed by atoms with Gasteiger partial charge >= 0.3 is 0 Å². The first-order valence-electron chi connectivity index (χ1n) is 5.82. The fourth-order valence-corrected chi connectivity index (χ4v) is 1.67. The van der Waals surface area contributed by atoms with Gasteiger partial charge in [0.1, 0.15) is 0 Å². The van der Waals surface area contributed by atoms with Crippen LogP contribution in [0, 0.1) is 0 Å². The number of unbranched alkanes of at least 4 members (excludes halogenated alkanes) is 1. The zero-order valence-corrected chi connectivity index (χ0v) is 10.5. The van der Waals surface area contributed by atoms with Crippen molar-refractivity contribution in [2.24, 2.45) is 5.73 Å². The van der Waals surface area contributed by atoms with E-state index in [2.05, 4.69) is 25.7 Å². The summed E-state index contributed by atoms with van der Waals surface area (Å²) >= 11 is 0. The molecular weight excluding hydrogens is 188 g/mol. The maximum absolute atomic E-state index is 11.2. The van der Waals surface area contributed by atoms with Gasteiger partial charge in [-0.25, -0.2) is 0 Å². The van der Waals surface area contributed by atoms with Gasteiger partial charge in [0.25, 0.3) is 0 Å². The van der Waals surface area contributed by atoms with Crippen molar-refractivity contribution in [1.82, 2.24) is 4.90 Å². The van der Waals surface area contributed by atoms with E-state index in [0.717, 1.165) is 38.0 Å². The monoisotopic (exact) mass is 212 g/mol. The lowest BCUT2D eigenvalue weighted by molar-refractivity contribution is -0.114. The largest absolute Gasteiger partial charge is 0.375 e. The molecule has 0 radical (unpaired) electrons. The number of allylic oxidation sites excluding steroid dienone is 1. The molecule has 0 aromatic rings. The fourth-order valence-electron chi connectivity index (χ4n) is 1.67. The van der Waals surface area contributed by atoms with E-state index >= 15 is 0 Å². The first-order valence-corrected chi connectivity index (χ1v) is 5.82. The Bertz CT molecular complexity index is 230. The lowest BCUT2D eigenvalue weighted by Gasteiger charge is -2.26. The fraction of sp³-hybridized carbons (Fsp3) is 0.750. The molecule has 0 fully saturated rings. The third-order valence-corrected chi connectivity index (χ3v) is 2.71. The molecule has 0 rings (SSSR count). The van der Waals surface area contributed by atoms with Crippen molar-refractivity contribution >= 4 is 5.91 Å². The summed E-state index contributed by atoms with van der Waals surface area (Å²) < 4.78 is 0. The molecule has 88 valence electrons. The molecule has 0 atom stereocenters. The molecule has 3 heteroatoms. The number of nitrogens with zero attached hydrogens (tertiary/aromatic N) is 1. The first-order chi connectivity index (χ1) is 7.08. The van der Waals surface area contributed by atoms with E-state index in [4.69, 9.17) is 5.73 Å². The molecule has 0 aliphatic heterocycles. The van der Waals surface area contributed by atoms with E-state index in [1.54, 1.807) is 0 Å². The summed E-state index contributed by atoms with van der Waals surface area (Å²) in [6, 6.07) is 0. The average Bonchev–Trinajstić information content (AvgIpc) is 2.23. The highest BCUT2D eigenvalue weighted by Gasteiger charge is 2.12. The van der Waals surface area contributed by atoms with Crippen LogP contribution >= 0.6 is 0 Å². The zero-order valence-electron chi connectivity index (χ0n) is 10.5. The minimum Gasteiger partial charge on any atom is -0.375 e. The molecule has 0 unspecified atom stereocenters. The molecule has 0 bridgehead atoms. The smallest absolute Gasteiger partial charge is 0.246 e. The lowest BCUT2D eigenvalue weighted by atomic mass is 10.1. The van der Waals surface area contributed by atoms with Gasteiger partial charge < -0.3 is 10.6 Å². The van der Waals surface area contributed by atoms with Crippen LogP contribution in [0.3, 0.4) is 0 Å². The van der Waals surface area contributed by atoms with Crippen molar-refractivity contribution in [2.75, 3.05) is 13.1 Å². The zero-order chi connectivity index (χ0) is 11.8. The predicted molar refractivity (Wildman–Crippen MR) is 64.3 cm³/mol. The van der Waals surface area contributed by atoms with Crippen LogP contribution < -0.4 is 5.73 Å². The Morgan fingerprint density at radius 1 is 1.20 bits per heavy atom. The second kappa shape index (κ2) is 7.32. The highest BCUT2D eigenvalue weighted by molar-refractivity contribution is 5.91. The van der Waals surface area contributed by atoms with E-state index in [1.807, 2.05) is 6.92 Å². The molecule has 0 aromatic heterocycles. The lowest BCUT2D eigenvalue weighted by Crippen LogP contribution is -2.26. The Hall–Kier alpha value is -0.990. The van der Waals surface area contributed by atoms with Crippen LogP contribution in [-0.2, 0) is 4.79 Å². The van der Waals surface area contributed by atoms with Gasteiger partial charge in [-0.15, -0.1) is 0 Å². The maximum atomic E-state index is 11.2. The van der Waals surface area contributed by atoms with E-state index < -0.39 is 0 Å². The number of hydrogen-bond acceptors (Lipinski definition) is 2. The van der Waals surface area contributed by atoms with Gasteiger partial charge in [-0.3, -0.25) is 4.79 Å². The molecule has 0 spiro atoms. The number of primary amides is 1. The SMILES string of the molecule is CCCC/C(=C(/C)C(N)=O)N(CC)CC. The van der Waals surface area contributed by atoms with Crippen molar-refractivity contribution < 1.29 is 4.79 Å². The van der Waals surface area contributed by atoms with E-state index in [0.29, 0.717) is 5.57 Å². The molecule has 0 saturated heterocycles. The topological polar surface area (TPSA) is 46.3 Å². The highest BCUT2D eigenvalue weighted by Crippen LogP contribution is 2.17. The summed E-state index contributed by atoms with van der Waals surface area (Å²) in [5.74, 6) is -0.298. The normalized spacial score (nSPS) is 12.3. The molecule has 1 amide bonds. The first kappa shape index (κ1) is 14.0.